The summed E-state index contributed by atoms with van der Waals surface area (Å²) in [6.45, 7) is 3.29. The van der Waals surface area contributed by atoms with Crippen LogP contribution >= 0.6 is 0 Å². The minimum atomic E-state index is -0.806. The third-order valence-corrected chi connectivity index (χ3v) is 2.37. The lowest BCUT2D eigenvalue weighted by Gasteiger charge is -2.11. The van der Waals surface area contributed by atoms with Crippen LogP contribution in [0.3, 0.4) is 0 Å². The first-order valence-corrected chi connectivity index (χ1v) is 4.78. The molecule has 15 heavy (non-hydrogen) atoms. The van der Waals surface area contributed by atoms with Crippen molar-refractivity contribution < 1.29 is 9.84 Å². The molecule has 1 heterocycles. The van der Waals surface area contributed by atoms with Gasteiger partial charge in [-0.2, -0.15) is 4.73 Å². The average Bonchev–Trinajstić information content (AvgIpc) is 2.17. The number of para-hydroxylation sites is 2. The fourth-order valence-corrected chi connectivity index (χ4v) is 1.72. The van der Waals surface area contributed by atoms with Gasteiger partial charge in [0.2, 0.25) is 11.2 Å². The highest BCUT2D eigenvalue weighted by Crippen LogP contribution is 2.15. The Hall–Kier alpha value is -1.68. The maximum Gasteiger partial charge on any atom is 0.242 e. The largest absolute Gasteiger partial charge is 0.618 e. The highest BCUT2D eigenvalue weighted by atomic mass is 16.5. The highest BCUT2D eigenvalue weighted by Gasteiger charge is 2.19. The van der Waals surface area contributed by atoms with Crippen LogP contribution in [0, 0.1) is 12.1 Å². The number of rotatable bonds is 1. The van der Waals surface area contributed by atoms with E-state index in [0.29, 0.717) is 22.4 Å². The quantitative estimate of drug-likeness (QED) is 0.561. The predicted octanol–water partition coefficient (Wildman–Crippen LogP) is 1.23. The Bertz CT molecular complexity index is 509. The Morgan fingerprint density at radius 3 is 2.73 bits per heavy atom. The molecule has 0 saturated heterocycles. The van der Waals surface area contributed by atoms with Crippen molar-refractivity contribution in [3.63, 3.8) is 0 Å². The van der Waals surface area contributed by atoms with E-state index < -0.39 is 6.10 Å². The number of benzene rings is 1. The molecule has 4 heteroatoms. The van der Waals surface area contributed by atoms with E-state index in [1.807, 2.05) is 6.07 Å². The molecular formula is C11H12N2O2. The molecule has 0 bridgehead atoms. The Morgan fingerprint density at radius 2 is 2.07 bits per heavy atom. The van der Waals surface area contributed by atoms with E-state index in [0.717, 1.165) is 4.73 Å². The van der Waals surface area contributed by atoms with Crippen molar-refractivity contribution in [2.24, 2.45) is 0 Å². The third kappa shape index (κ3) is 1.53. The zero-order valence-corrected chi connectivity index (χ0v) is 8.64. The normalized spacial score (nSPS) is 13.0. The lowest BCUT2D eigenvalue weighted by atomic mass is 10.2. The molecule has 0 radical (unpaired) electrons. The van der Waals surface area contributed by atoms with Gasteiger partial charge in [-0.15, -0.1) is 0 Å². The molecule has 1 aromatic carbocycles. The van der Waals surface area contributed by atoms with Crippen molar-refractivity contribution in [2.45, 2.75) is 20.0 Å². The van der Waals surface area contributed by atoms with Gasteiger partial charge in [-0.05, 0) is 19.9 Å². The number of aliphatic hydroxyl groups is 1. The van der Waals surface area contributed by atoms with E-state index in [4.69, 9.17) is 0 Å². The number of aryl methyl sites for hydroxylation is 1. The zero-order chi connectivity index (χ0) is 11.0. The van der Waals surface area contributed by atoms with Crippen LogP contribution in [0.25, 0.3) is 11.0 Å². The SMILES string of the molecule is Cc1nc2ccccc2[n+]([O-])c1C(C)O. The minimum Gasteiger partial charge on any atom is -0.618 e. The second-order valence-corrected chi connectivity index (χ2v) is 3.54. The summed E-state index contributed by atoms with van der Waals surface area (Å²) in [6.07, 6.45) is -0.806. The van der Waals surface area contributed by atoms with Gasteiger partial charge in [0.1, 0.15) is 17.3 Å². The van der Waals surface area contributed by atoms with Gasteiger partial charge in [0.15, 0.2) is 0 Å². The molecule has 1 atom stereocenters. The number of nitrogens with zero attached hydrogens (tertiary/aromatic N) is 2. The molecular weight excluding hydrogens is 192 g/mol. The van der Waals surface area contributed by atoms with E-state index in [1.54, 1.807) is 32.0 Å². The van der Waals surface area contributed by atoms with Gasteiger partial charge in [0.05, 0.1) is 0 Å². The summed E-state index contributed by atoms with van der Waals surface area (Å²) in [7, 11) is 0. The zero-order valence-electron chi connectivity index (χ0n) is 8.64. The monoisotopic (exact) mass is 204 g/mol. The molecule has 1 N–H and O–H groups in total. The lowest BCUT2D eigenvalue weighted by Crippen LogP contribution is -2.35. The molecule has 1 unspecified atom stereocenters. The molecule has 0 saturated carbocycles. The molecule has 0 amide bonds. The minimum absolute atomic E-state index is 0.314. The standard InChI is InChI=1S/C11H12N2O2/c1-7-11(8(2)14)13(15)10-6-4-3-5-9(10)12-7/h3-6,8,14H,1-2H3. The maximum atomic E-state index is 11.9. The van der Waals surface area contributed by atoms with Gasteiger partial charge < -0.3 is 10.3 Å². The molecule has 0 aliphatic carbocycles. The summed E-state index contributed by atoms with van der Waals surface area (Å²) in [5.41, 5.74) is 2.01. The highest BCUT2D eigenvalue weighted by molar-refractivity contribution is 5.70. The Balaban J connectivity index is 2.84. The molecule has 2 rings (SSSR count). The van der Waals surface area contributed by atoms with E-state index in [1.165, 1.54) is 0 Å². The first-order valence-electron chi connectivity index (χ1n) is 4.78. The van der Waals surface area contributed by atoms with Crippen molar-refractivity contribution in [1.29, 1.82) is 0 Å². The summed E-state index contributed by atoms with van der Waals surface area (Å²) < 4.78 is 0.752. The molecule has 78 valence electrons. The van der Waals surface area contributed by atoms with Crippen LogP contribution in [0.15, 0.2) is 24.3 Å². The molecule has 0 fully saturated rings. The number of hydrogen-bond acceptors (Lipinski definition) is 3. The summed E-state index contributed by atoms with van der Waals surface area (Å²) in [4.78, 5) is 4.28. The molecule has 1 aromatic heterocycles. The molecule has 0 spiro atoms. The van der Waals surface area contributed by atoms with Crippen molar-refractivity contribution in [2.75, 3.05) is 0 Å². The molecule has 2 aromatic rings. The Kier molecular flexibility index (Phi) is 2.28. The molecule has 4 nitrogen and oxygen atoms in total. The number of aromatic nitrogens is 2. The number of aliphatic hydroxyl groups excluding tert-OH is 1. The van der Waals surface area contributed by atoms with E-state index >= 15 is 0 Å². The topological polar surface area (TPSA) is 60.1 Å². The first-order chi connectivity index (χ1) is 7.11. The van der Waals surface area contributed by atoms with Crippen molar-refractivity contribution >= 4 is 11.0 Å². The summed E-state index contributed by atoms with van der Waals surface area (Å²) in [5.74, 6) is 0. The van der Waals surface area contributed by atoms with Gasteiger partial charge in [-0.1, -0.05) is 12.1 Å². The maximum absolute atomic E-state index is 11.9. The summed E-state index contributed by atoms with van der Waals surface area (Å²) >= 11 is 0. The Morgan fingerprint density at radius 1 is 1.40 bits per heavy atom. The second kappa shape index (κ2) is 3.47. The van der Waals surface area contributed by atoms with Crippen LogP contribution in [0.4, 0.5) is 0 Å². The van der Waals surface area contributed by atoms with E-state index in [2.05, 4.69) is 4.98 Å². The summed E-state index contributed by atoms with van der Waals surface area (Å²) in [6, 6.07) is 7.08. The lowest BCUT2D eigenvalue weighted by molar-refractivity contribution is -0.591. The summed E-state index contributed by atoms with van der Waals surface area (Å²) in [5, 5.41) is 21.4. The predicted molar refractivity (Wildman–Crippen MR) is 56.1 cm³/mol. The van der Waals surface area contributed by atoms with Crippen LogP contribution in [0.1, 0.15) is 24.4 Å². The fraction of sp³-hybridized carbons (Fsp3) is 0.273. The van der Waals surface area contributed by atoms with Crippen molar-refractivity contribution in [3.8, 4) is 0 Å². The smallest absolute Gasteiger partial charge is 0.242 e. The van der Waals surface area contributed by atoms with Crippen LogP contribution in [-0.4, -0.2) is 10.1 Å². The van der Waals surface area contributed by atoms with Crippen LogP contribution in [-0.2, 0) is 0 Å². The van der Waals surface area contributed by atoms with Gasteiger partial charge in [0, 0.05) is 6.07 Å². The van der Waals surface area contributed by atoms with Crippen LogP contribution < -0.4 is 4.73 Å². The van der Waals surface area contributed by atoms with Crippen molar-refractivity contribution in [3.05, 3.63) is 40.9 Å². The Labute approximate surface area is 87.4 Å². The van der Waals surface area contributed by atoms with Crippen molar-refractivity contribution in [1.82, 2.24) is 4.98 Å². The van der Waals surface area contributed by atoms with Gasteiger partial charge in [-0.25, -0.2) is 4.98 Å². The van der Waals surface area contributed by atoms with Crippen LogP contribution in [0.5, 0.6) is 0 Å². The van der Waals surface area contributed by atoms with Crippen LogP contribution in [0.2, 0.25) is 0 Å². The first kappa shape index (κ1) is 9.86. The third-order valence-electron chi connectivity index (χ3n) is 2.37. The average molecular weight is 204 g/mol. The second-order valence-electron chi connectivity index (χ2n) is 3.54. The van der Waals surface area contributed by atoms with E-state index in [-0.39, 0.29) is 0 Å². The number of hydrogen-bond donors (Lipinski definition) is 1. The van der Waals surface area contributed by atoms with Gasteiger partial charge in [0.25, 0.3) is 0 Å². The van der Waals surface area contributed by atoms with Gasteiger partial charge in [-0.3, -0.25) is 0 Å². The van der Waals surface area contributed by atoms with E-state index in [9.17, 15) is 10.3 Å². The fourth-order valence-electron chi connectivity index (χ4n) is 1.72. The van der Waals surface area contributed by atoms with Gasteiger partial charge >= 0.3 is 0 Å². The molecule has 0 aliphatic rings. The molecule has 0 aliphatic heterocycles. The number of fused-ring (bicyclic) bond motifs is 1.